The van der Waals surface area contributed by atoms with Gasteiger partial charge in [0.05, 0.1) is 10.7 Å². The number of amides is 2. The number of nitro groups is 1. The molecule has 0 heterocycles. The summed E-state index contributed by atoms with van der Waals surface area (Å²) in [5.41, 5.74) is 1.07. The van der Waals surface area contributed by atoms with Gasteiger partial charge in [0.2, 0.25) is 11.8 Å². The molecule has 0 radical (unpaired) electrons. The Bertz CT molecular complexity index is 860. The highest BCUT2D eigenvalue weighted by Crippen LogP contribution is 2.24. The molecule has 0 fully saturated rings. The molecule has 2 N–H and O–H groups in total. The van der Waals surface area contributed by atoms with Crippen LogP contribution in [0.1, 0.15) is 27.2 Å². The molecule has 2 aromatic carbocycles. The minimum absolute atomic E-state index is 0.0299. The number of hydrogen-bond donors (Lipinski definition) is 2. The zero-order valence-electron chi connectivity index (χ0n) is 16.0. The summed E-state index contributed by atoms with van der Waals surface area (Å²) in [5, 5.41) is 16.2. The Labute approximate surface area is 168 Å². The molecule has 0 saturated heterocycles. The Morgan fingerprint density at radius 1 is 1.00 bits per heavy atom. The van der Waals surface area contributed by atoms with Crippen LogP contribution in [-0.2, 0) is 9.59 Å². The highest BCUT2D eigenvalue weighted by Gasteiger charge is 2.16. The van der Waals surface area contributed by atoms with E-state index >= 15 is 0 Å². The molecule has 0 aromatic heterocycles. The van der Waals surface area contributed by atoms with Gasteiger partial charge in [-0.25, -0.2) is 0 Å². The molecule has 0 spiro atoms. The van der Waals surface area contributed by atoms with Crippen molar-refractivity contribution in [1.82, 2.24) is 0 Å². The van der Waals surface area contributed by atoms with Crippen molar-refractivity contribution in [2.45, 2.75) is 32.1 Å². The van der Waals surface area contributed by atoms with E-state index < -0.39 is 4.92 Å². The first-order valence-electron chi connectivity index (χ1n) is 8.69. The van der Waals surface area contributed by atoms with Crippen molar-refractivity contribution >= 4 is 40.6 Å². The van der Waals surface area contributed by atoms with Gasteiger partial charge in [0.25, 0.3) is 5.69 Å². The summed E-state index contributed by atoms with van der Waals surface area (Å²) in [6, 6.07) is 13.0. The molecular weight excluding hydrogens is 378 g/mol. The first kappa shape index (κ1) is 21.4. The molecule has 0 saturated carbocycles. The van der Waals surface area contributed by atoms with Crippen molar-refractivity contribution in [2.75, 3.05) is 16.4 Å². The maximum atomic E-state index is 12.1. The normalized spacial score (nSPS) is 11.0. The van der Waals surface area contributed by atoms with Gasteiger partial charge in [-0.05, 0) is 35.7 Å². The molecule has 0 aliphatic heterocycles. The molecule has 28 heavy (non-hydrogen) atoms. The Balaban J connectivity index is 1.87. The molecule has 2 aromatic rings. The average Bonchev–Trinajstić information content (AvgIpc) is 2.59. The number of benzene rings is 2. The predicted molar refractivity (Wildman–Crippen MR) is 112 cm³/mol. The van der Waals surface area contributed by atoms with Crippen LogP contribution in [0.3, 0.4) is 0 Å². The van der Waals surface area contributed by atoms with Crippen LogP contribution >= 0.6 is 11.8 Å². The lowest BCUT2D eigenvalue weighted by molar-refractivity contribution is -0.384. The zero-order chi connectivity index (χ0) is 20.7. The summed E-state index contributed by atoms with van der Waals surface area (Å²) in [7, 11) is 0. The Morgan fingerprint density at radius 3 is 2.25 bits per heavy atom. The lowest BCUT2D eigenvalue weighted by atomic mass is 9.92. The van der Waals surface area contributed by atoms with Crippen LogP contribution in [0.25, 0.3) is 0 Å². The van der Waals surface area contributed by atoms with Gasteiger partial charge < -0.3 is 10.6 Å². The number of carbonyl (C=O) groups is 2. The van der Waals surface area contributed by atoms with Crippen molar-refractivity contribution in [3.05, 3.63) is 58.6 Å². The number of nitrogens with one attached hydrogen (secondary N) is 2. The van der Waals surface area contributed by atoms with Gasteiger partial charge in [-0.2, -0.15) is 0 Å². The van der Waals surface area contributed by atoms with Crippen LogP contribution in [0.5, 0.6) is 0 Å². The first-order chi connectivity index (χ1) is 13.1. The lowest BCUT2D eigenvalue weighted by Crippen LogP contribution is -2.19. The molecule has 0 unspecified atom stereocenters. The van der Waals surface area contributed by atoms with Gasteiger partial charge in [0.1, 0.15) is 0 Å². The molecule has 0 aliphatic carbocycles. The van der Waals surface area contributed by atoms with Crippen molar-refractivity contribution in [3.63, 3.8) is 0 Å². The van der Waals surface area contributed by atoms with E-state index in [9.17, 15) is 19.7 Å². The van der Waals surface area contributed by atoms with Crippen molar-refractivity contribution in [3.8, 4) is 0 Å². The van der Waals surface area contributed by atoms with E-state index in [2.05, 4.69) is 10.6 Å². The Kier molecular flexibility index (Phi) is 7.17. The SMILES string of the molecule is CC(C)(C)CC(=O)Nc1cccc(SCC(=O)Nc2ccc([N+](=O)[O-])cc2)c1. The number of non-ortho nitro benzene ring substituents is 1. The second-order valence-corrected chi connectivity index (χ2v) is 8.50. The van der Waals surface area contributed by atoms with Crippen LogP contribution in [-0.4, -0.2) is 22.5 Å². The van der Waals surface area contributed by atoms with Crippen LogP contribution < -0.4 is 10.6 Å². The van der Waals surface area contributed by atoms with Gasteiger partial charge in [-0.15, -0.1) is 11.8 Å². The van der Waals surface area contributed by atoms with E-state index in [1.54, 1.807) is 0 Å². The fourth-order valence-corrected chi connectivity index (χ4v) is 3.12. The fraction of sp³-hybridized carbons (Fsp3) is 0.300. The van der Waals surface area contributed by atoms with Crippen LogP contribution in [0.15, 0.2) is 53.4 Å². The van der Waals surface area contributed by atoms with Gasteiger partial charge >= 0.3 is 0 Å². The largest absolute Gasteiger partial charge is 0.326 e. The third-order valence-electron chi connectivity index (χ3n) is 3.54. The number of carbonyl (C=O) groups excluding carboxylic acids is 2. The molecular formula is C20H23N3O4S. The smallest absolute Gasteiger partial charge is 0.269 e. The number of anilines is 2. The highest BCUT2D eigenvalue weighted by atomic mass is 32.2. The van der Waals surface area contributed by atoms with Crippen molar-refractivity contribution < 1.29 is 14.5 Å². The molecule has 0 atom stereocenters. The van der Waals surface area contributed by atoms with Crippen molar-refractivity contribution in [1.29, 1.82) is 0 Å². The fourth-order valence-electron chi connectivity index (χ4n) is 2.36. The number of hydrogen-bond acceptors (Lipinski definition) is 5. The van der Waals surface area contributed by atoms with Gasteiger partial charge in [0, 0.05) is 34.8 Å². The minimum atomic E-state index is -0.491. The average molecular weight is 401 g/mol. The van der Waals surface area contributed by atoms with E-state index in [4.69, 9.17) is 0 Å². The van der Waals surface area contributed by atoms with Crippen LogP contribution in [0.4, 0.5) is 17.1 Å². The summed E-state index contributed by atoms with van der Waals surface area (Å²) < 4.78 is 0. The van der Waals surface area contributed by atoms with E-state index in [-0.39, 0.29) is 28.7 Å². The molecule has 7 nitrogen and oxygen atoms in total. The molecule has 0 bridgehead atoms. The van der Waals surface area contributed by atoms with Crippen LogP contribution in [0.2, 0.25) is 0 Å². The minimum Gasteiger partial charge on any atom is -0.326 e. The monoisotopic (exact) mass is 401 g/mol. The van der Waals surface area contributed by atoms with E-state index in [1.165, 1.54) is 36.0 Å². The molecule has 0 aliphatic rings. The lowest BCUT2D eigenvalue weighted by Gasteiger charge is -2.17. The zero-order valence-corrected chi connectivity index (χ0v) is 16.8. The summed E-state index contributed by atoms with van der Waals surface area (Å²) in [6.45, 7) is 6.01. The Hall–Kier alpha value is -2.87. The number of thioether (sulfide) groups is 1. The number of rotatable bonds is 7. The van der Waals surface area contributed by atoms with Gasteiger partial charge in [-0.1, -0.05) is 26.8 Å². The maximum Gasteiger partial charge on any atom is 0.269 e. The maximum absolute atomic E-state index is 12.1. The van der Waals surface area contributed by atoms with Gasteiger partial charge in [-0.3, -0.25) is 19.7 Å². The van der Waals surface area contributed by atoms with Crippen LogP contribution in [0, 0.1) is 15.5 Å². The van der Waals surface area contributed by atoms with E-state index in [0.717, 1.165) is 4.90 Å². The second-order valence-electron chi connectivity index (χ2n) is 7.45. The molecule has 8 heteroatoms. The highest BCUT2D eigenvalue weighted by molar-refractivity contribution is 8.00. The number of nitrogens with zero attached hydrogens (tertiary/aromatic N) is 1. The van der Waals surface area contributed by atoms with E-state index in [1.807, 2.05) is 45.0 Å². The topological polar surface area (TPSA) is 101 Å². The molecule has 2 amide bonds. The number of nitro benzene ring substituents is 1. The van der Waals surface area contributed by atoms with E-state index in [0.29, 0.717) is 17.8 Å². The third-order valence-corrected chi connectivity index (χ3v) is 4.53. The standard InChI is InChI=1S/C20H23N3O4S/c1-20(2,3)12-18(24)22-15-5-4-6-17(11-15)28-13-19(25)21-14-7-9-16(10-8-14)23(26)27/h4-11H,12-13H2,1-3H3,(H,21,25)(H,22,24). The predicted octanol–water partition coefficient (Wildman–Crippen LogP) is 4.70. The third kappa shape index (κ3) is 7.40. The summed E-state index contributed by atoms with van der Waals surface area (Å²) in [4.78, 5) is 35.1. The molecule has 148 valence electrons. The second kappa shape index (κ2) is 9.36. The Morgan fingerprint density at radius 2 is 1.64 bits per heavy atom. The summed E-state index contributed by atoms with van der Waals surface area (Å²) >= 11 is 1.34. The summed E-state index contributed by atoms with van der Waals surface area (Å²) in [5.74, 6) is -0.0947. The quantitative estimate of drug-likeness (QED) is 0.398. The first-order valence-corrected chi connectivity index (χ1v) is 9.68. The summed E-state index contributed by atoms with van der Waals surface area (Å²) in [6.07, 6.45) is 0.419. The van der Waals surface area contributed by atoms with Gasteiger partial charge in [0.15, 0.2) is 0 Å². The molecule has 2 rings (SSSR count). The van der Waals surface area contributed by atoms with Crippen molar-refractivity contribution in [2.24, 2.45) is 5.41 Å².